The average Bonchev–Trinajstić information content (AvgIpc) is 2.25. The van der Waals surface area contributed by atoms with Crippen LogP contribution >= 0.6 is 0 Å². The second kappa shape index (κ2) is 10.5. The largest absolute Gasteiger partial charge is 0.481 e. The van der Waals surface area contributed by atoms with E-state index in [2.05, 4.69) is 11.9 Å². The summed E-state index contributed by atoms with van der Waals surface area (Å²) in [5.41, 5.74) is 0. The molecule has 0 aliphatic carbocycles. The van der Waals surface area contributed by atoms with Crippen LogP contribution in [-0.4, -0.2) is 31.6 Å². The second-order valence-corrected chi connectivity index (χ2v) is 3.40. The Morgan fingerprint density at radius 1 is 1.06 bits per heavy atom. The van der Waals surface area contributed by atoms with Gasteiger partial charge in [-0.15, -0.1) is 0 Å². The molecular weight excluding hydrogens is 206 g/mol. The minimum Gasteiger partial charge on any atom is -0.481 e. The zero-order valence-corrected chi connectivity index (χ0v) is 10.6. The predicted octanol–water partition coefficient (Wildman–Crippen LogP) is 2.56. The lowest BCUT2D eigenvalue weighted by atomic mass is 10.2. The van der Waals surface area contributed by atoms with Crippen LogP contribution in [-0.2, 0) is 14.3 Å². The van der Waals surface area contributed by atoms with Crippen LogP contribution < -0.4 is 0 Å². The monoisotopic (exact) mass is 229 g/mol. The summed E-state index contributed by atoms with van der Waals surface area (Å²) >= 11 is 0. The Morgan fingerprint density at radius 3 is 2.31 bits per heavy atom. The summed E-state index contributed by atoms with van der Waals surface area (Å²) in [6.07, 6.45) is 3.50. The van der Waals surface area contributed by atoms with Crippen LogP contribution in [0.15, 0.2) is 4.99 Å². The molecule has 0 radical (unpaired) electrons. The molecule has 94 valence electrons. The van der Waals surface area contributed by atoms with E-state index in [0.717, 1.165) is 25.8 Å². The van der Waals surface area contributed by atoms with E-state index in [1.165, 1.54) is 0 Å². The molecule has 0 rings (SSSR count). The molecule has 0 spiro atoms. The van der Waals surface area contributed by atoms with Gasteiger partial charge < -0.3 is 9.47 Å². The number of unbranched alkanes of at least 4 members (excludes halogenated alkanes) is 2. The third-order valence-corrected chi connectivity index (χ3v) is 1.96. The van der Waals surface area contributed by atoms with Gasteiger partial charge >= 0.3 is 5.97 Å². The van der Waals surface area contributed by atoms with Gasteiger partial charge in [0.2, 0.25) is 0 Å². The molecule has 4 nitrogen and oxygen atoms in total. The molecule has 0 aliphatic rings. The molecular formula is C12H23NO3. The van der Waals surface area contributed by atoms with E-state index in [1.807, 2.05) is 6.92 Å². The molecule has 0 bridgehead atoms. The highest BCUT2D eigenvalue weighted by molar-refractivity contribution is 5.94. The summed E-state index contributed by atoms with van der Waals surface area (Å²) in [5.74, 6) is 0.224. The number of hydrogen-bond donors (Lipinski definition) is 0. The Bertz CT molecular complexity index is 214. The number of carbonyl (C=O) groups excluding carboxylic acids is 1. The quantitative estimate of drug-likeness (QED) is 0.278. The number of ether oxygens (including phenoxy) is 2. The summed E-state index contributed by atoms with van der Waals surface area (Å²) in [6.45, 7) is 7.47. The second-order valence-electron chi connectivity index (χ2n) is 3.40. The number of esters is 1. The van der Waals surface area contributed by atoms with E-state index < -0.39 is 0 Å². The van der Waals surface area contributed by atoms with Crippen LogP contribution in [0.2, 0.25) is 0 Å². The van der Waals surface area contributed by atoms with Gasteiger partial charge in [0.25, 0.3) is 0 Å². The molecule has 0 aromatic rings. The lowest BCUT2D eigenvalue weighted by Crippen LogP contribution is -2.14. The van der Waals surface area contributed by atoms with E-state index in [-0.39, 0.29) is 12.4 Å². The minimum atomic E-state index is -0.273. The molecule has 0 aliphatic heterocycles. The lowest BCUT2D eigenvalue weighted by molar-refractivity contribution is -0.141. The molecule has 0 saturated heterocycles. The molecule has 4 heteroatoms. The van der Waals surface area contributed by atoms with Crippen molar-refractivity contribution in [2.75, 3.05) is 19.8 Å². The molecule has 16 heavy (non-hydrogen) atoms. The SMILES string of the molecule is CCCCC/N=C(\CC(=O)OCC)OCC. The van der Waals surface area contributed by atoms with Crippen LogP contribution in [0.3, 0.4) is 0 Å². The van der Waals surface area contributed by atoms with Crippen LogP contribution in [0.5, 0.6) is 0 Å². The van der Waals surface area contributed by atoms with Crippen molar-refractivity contribution >= 4 is 11.9 Å². The van der Waals surface area contributed by atoms with Crippen LogP contribution in [0.25, 0.3) is 0 Å². The van der Waals surface area contributed by atoms with E-state index in [4.69, 9.17) is 9.47 Å². The fourth-order valence-electron chi connectivity index (χ4n) is 1.22. The first-order valence-corrected chi connectivity index (χ1v) is 6.06. The van der Waals surface area contributed by atoms with Gasteiger partial charge in [-0.2, -0.15) is 0 Å². The van der Waals surface area contributed by atoms with Crippen molar-refractivity contribution in [3.8, 4) is 0 Å². The lowest BCUT2D eigenvalue weighted by Gasteiger charge is -2.07. The Balaban J connectivity index is 3.98. The van der Waals surface area contributed by atoms with E-state index >= 15 is 0 Å². The van der Waals surface area contributed by atoms with Crippen LogP contribution in [0.1, 0.15) is 46.5 Å². The number of nitrogens with zero attached hydrogens (tertiary/aromatic N) is 1. The van der Waals surface area contributed by atoms with Gasteiger partial charge in [-0.25, -0.2) is 0 Å². The smallest absolute Gasteiger partial charge is 0.315 e. The van der Waals surface area contributed by atoms with Crippen molar-refractivity contribution in [3.63, 3.8) is 0 Å². The van der Waals surface area contributed by atoms with Crippen molar-refractivity contribution in [3.05, 3.63) is 0 Å². The number of carbonyl (C=O) groups is 1. The molecule has 0 N–H and O–H groups in total. The first-order valence-electron chi connectivity index (χ1n) is 6.06. The summed E-state index contributed by atoms with van der Waals surface area (Å²) in [5, 5.41) is 0. The topological polar surface area (TPSA) is 47.9 Å². The predicted molar refractivity (Wildman–Crippen MR) is 64.7 cm³/mol. The molecule has 0 heterocycles. The maximum absolute atomic E-state index is 11.2. The highest BCUT2D eigenvalue weighted by Gasteiger charge is 2.08. The number of hydrogen-bond acceptors (Lipinski definition) is 4. The summed E-state index contributed by atoms with van der Waals surface area (Å²) in [4.78, 5) is 15.5. The number of aliphatic imine (C=N–C) groups is 1. The van der Waals surface area contributed by atoms with Crippen molar-refractivity contribution in [1.29, 1.82) is 0 Å². The number of rotatable bonds is 8. The van der Waals surface area contributed by atoms with Crippen molar-refractivity contribution in [2.45, 2.75) is 46.5 Å². The normalized spacial score (nSPS) is 11.3. The van der Waals surface area contributed by atoms with E-state index in [9.17, 15) is 4.79 Å². The van der Waals surface area contributed by atoms with Crippen molar-refractivity contribution < 1.29 is 14.3 Å². The highest BCUT2D eigenvalue weighted by atomic mass is 16.5. The third kappa shape index (κ3) is 8.26. The molecule has 0 amide bonds. The average molecular weight is 229 g/mol. The van der Waals surface area contributed by atoms with Gasteiger partial charge in [-0.05, 0) is 20.3 Å². The molecule has 0 atom stereocenters. The Morgan fingerprint density at radius 2 is 1.75 bits per heavy atom. The van der Waals surface area contributed by atoms with Gasteiger partial charge in [0.1, 0.15) is 6.42 Å². The fraction of sp³-hybridized carbons (Fsp3) is 0.833. The Kier molecular flexibility index (Phi) is 9.76. The molecule has 0 aromatic heterocycles. The molecule has 0 aromatic carbocycles. The molecule has 0 unspecified atom stereocenters. The first kappa shape index (κ1) is 14.9. The van der Waals surface area contributed by atoms with Gasteiger partial charge in [0.15, 0.2) is 5.90 Å². The van der Waals surface area contributed by atoms with Gasteiger partial charge in [0.05, 0.1) is 13.2 Å². The molecule has 0 saturated carbocycles. The van der Waals surface area contributed by atoms with Gasteiger partial charge in [-0.3, -0.25) is 9.79 Å². The standard InChI is InChI=1S/C12H23NO3/c1-4-7-8-9-13-11(15-5-2)10-12(14)16-6-3/h4-10H2,1-3H3/b13-11+. The minimum absolute atomic E-state index is 0.147. The summed E-state index contributed by atoms with van der Waals surface area (Å²) in [6, 6.07) is 0. The Labute approximate surface area is 98.0 Å². The van der Waals surface area contributed by atoms with Crippen LogP contribution in [0.4, 0.5) is 0 Å². The Hall–Kier alpha value is -1.06. The highest BCUT2D eigenvalue weighted by Crippen LogP contribution is 1.98. The zero-order valence-electron chi connectivity index (χ0n) is 10.6. The summed E-state index contributed by atoms with van der Waals surface area (Å²) < 4.78 is 10.1. The zero-order chi connectivity index (χ0) is 12.2. The molecule has 0 fully saturated rings. The van der Waals surface area contributed by atoms with Crippen LogP contribution in [0, 0.1) is 0 Å². The first-order chi connectivity index (χ1) is 7.74. The van der Waals surface area contributed by atoms with Gasteiger partial charge in [0, 0.05) is 6.54 Å². The van der Waals surface area contributed by atoms with Gasteiger partial charge in [-0.1, -0.05) is 19.8 Å². The maximum atomic E-state index is 11.2. The van der Waals surface area contributed by atoms with E-state index in [1.54, 1.807) is 6.92 Å². The fourth-order valence-corrected chi connectivity index (χ4v) is 1.22. The van der Waals surface area contributed by atoms with Crippen molar-refractivity contribution in [1.82, 2.24) is 0 Å². The van der Waals surface area contributed by atoms with E-state index in [0.29, 0.717) is 19.1 Å². The van der Waals surface area contributed by atoms with Crippen molar-refractivity contribution in [2.24, 2.45) is 4.99 Å². The third-order valence-electron chi connectivity index (χ3n) is 1.96. The maximum Gasteiger partial charge on any atom is 0.315 e. The summed E-state index contributed by atoms with van der Waals surface area (Å²) in [7, 11) is 0.